The first-order valence-electron chi connectivity index (χ1n) is 5.96. The molecule has 0 radical (unpaired) electrons. The highest BCUT2D eigenvalue weighted by Gasteiger charge is 2.31. The lowest BCUT2D eigenvalue weighted by atomic mass is 9.93. The Hall–Kier alpha value is -0.120. The molecule has 0 aromatic carbocycles. The van der Waals surface area contributed by atoms with Crippen molar-refractivity contribution in [1.82, 2.24) is 4.90 Å². The van der Waals surface area contributed by atoms with Gasteiger partial charge in [-0.3, -0.25) is 4.90 Å². The SMILES string of the molecule is CCC(C)CN(C)C(CC)(CN)COC. The maximum Gasteiger partial charge on any atom is 0.0658 e. The lowest BCUT2D eigenvalue weighted by Crippen LogP contribution is -2.55. The van der Waals surface area contributed by atoms with Crippen molar-refractivity contribution in [3.8, 4) is 0 Å². The Morgan fingerprint density at radius 2 is 2.00 bits per heavy atom. The number of nitrogens with two attached hydrogens (primary N) is 1. The minimum Gasteiger partial charge on any atom is -0.383 e. The van der Waals surface area contributed by atoms with Crippen LogP contribution in [-0.4, -0.2) is 44.3 Å². The summed E-state index contributed by atoms with van der Waals surface area (Å²) < 4.78 is 5.30. The monoisotopic (exact) mass is 216 g/mol. The molecule has 0 aromatic heterocycles. The molecule has 0 spiro atoms. The van der Waals surface area contributed by atoms with Crippen LogP contribution in [-0.2, 0) is 4.74 Å². The van der Waals surface area contributed by atoms with Gasteiger partial charge in [-0.2, -0.15) is 0 Å². The van der Waals surface area contributed by atoms with Crippen molar-refractivity contribution in [3.63, 3.8) is 0 Å². The zero-order valence-corrected chi connectivity index (χ0v) is 11.0. The fourth-order valence-corrected chi connectivity index (χ4v) is 1.90. The molecule has 0 aromatic rings. The summed E-state index contributed by atoms with van der Waals surface area (Å²) in [7, 11) is 3.90. The fourth-order valence-electron chi connectivity index (χ4n) is 1.90. The zero-order chi connectivity index (χ0) is 11.9. The molecule has 2 unspecified atom stereocenters. The van der Waals surface area contributed by atoms with Crippen LogP contribution in [0, 0.1) is 5.92 Å². The average Bonchev–Trinajstić information content (AvgIpc) is 2.25. The molecule has 0 fully saturated rings. The predicted octanol–water partition coefficient (Wildman–Crippen LogP) is 1.72. The van der Waals surface area contributed by atoms with Crippen molar-refractivity contribution in [3.05, 3.63) is 0 Å². The van der Waals surface area contributed by atoms with Crippen LogP contribution in [0.25, 0.3) is 0 Å². The topological polar surface area (TPSA) is 38.5 Å². The minimum atomic E-state index is 0.0121. The quantitative estimate of drug-likeness (QED) is 0.671. The molecule has 0 saturated heterocycles. The van der Waals surface area contributed by atoms with Crippen LogP contribution < -0.4 is 5.73 Å². The summed E-state index contributed by atoms with van der Waals surface area (Å²) in [6, 6.07) is 0. The third-order valence-corrected chi connectivity index (χ3v) is 3.54. The molecular weight excluding hydrogens is 188 g/mol. The number of hydrogen-bond acceptors (Lipinski definition) is 3. The van der Waals surface area contributed by atoms with Gasteiger partial charge in [0.2, 0.25) is 0 Å². The third kappa shape index (κ3) is 4.09. The summed E-state index contributed by atoms with van der Waals surface area (Å²) in [5, 5.41) is 0. The normalized spacial score (nSPS) is 17.8. The van der Waals surface area contributed by atoms with E-state index in [1.807, 2.05) is 0 Å². The Morgan fingerprint density at radius 3 is 2.33 bits per heavy atom. The van der Waals surface area contributed by atoms with Gasteiger partial charge in [0.25, 0.3) is 0 Å². The highest BCUT2D eigenvalue weighted by molar-refractivity contribution is 4.89. The summed E-state index contributed by atoms with van der Waals surface area (Å²) in [5.41, 5.74) is 5.91. The molecular formula is C12H28N2O. The largest absolute Gasteiger partial charge is 0.383 e. The Labute approximate surface area is 95.0 Å². The van der Waals surface area contributed by atoms with E-state index < -0.39 is 0 Å². The molecule has 0 saturated carbocycles. The van der Waals surface area contributed by atoms with Gasteiger partial charge in [0.1, 0.15) is 0 Å². The predicted molar refractivity (Wildman–Crippen MR) is 66.0 cm³/mol. The van der Waals surface area contributed by atoms with E-state index in [-0.39, 0.29) is 5.54 Å². The van der Waals surface area contributed by atoms with Crippen molar-refractivity contribution in [2.75, 3.05) is 33.9 Å². The molecule has 15 heavy (non-hydrogen) atoms. The molecule has 92 valence electrons. The number of hydrogen-bond donors (Lipinski definition) is 1. The van der Waals surface area contributed by atoms with E-state index in [9.17, 15) is 0 Å². The number of likely N-dealkylation sites (N-methyl/N-ethyl adjacent to an activating group) is 1. The number of ether oxygens (including phenoxy) is 1. The van der Waals surface area contributed by atoms with Crippen LogP contribution in [0.2, 0.25) is 0 Å². The Bertz CT molecular complexity index is 158. The average molecular weight is 216 g/mol. The number of methoxy groups -OCH3 is 1. The van der Waals surface area contributed by atoms with E-state index in [2.05, 4.69) is 32.7 Å². The molecule has 0 amide bonds. The van der Waals surface area contributed by atoms with Crippen LogP contribution in [0.15, 0.2) is 0 Å². The highest BCUT2D eigenvalue weighted by atomic mass is 16.5. The van der Waals surface area contributed by atoms with Gasteiger partial charge in [0.05, 0.1) is 12.1 Å². The molecule has 0 bridgehead atoms. The van der Waals surface area contributed by atoms with Crippen LogP contribution in [0.5, 0.6) is 0 Å². The summed E-state index contributed by atoms with van der Waals surface area (Å²) >= 11 is 0. The van der Waals surface area contributed by atoms with Gasteiger partial charge in [-0.25, -0.2) is 0 Å². The maximum absolute atomic E-state index is 5.90. The lowest BCUT2D eigenvalue weighted by molar-refractivity contribution is 0.0205. The molecule has 0 aliphatic heterocycles. The molecule has 3 heteroatoms. The van der Waals surface area contributed by atoms with Gasteiger partial charge in [-0.1, -0.05) is 27.2 Å². The second-order valence-electron chi connectivity index (χ2n) is 4.61. The van der Waals surface area contributed by atoms with E-state index in [4.69, 9.17) is 10.5 Å². The summed E-state index contributed by atoms with van der Waals surface area (Å²) in [5.74, 6) is 0.712. The van der Waals surface area contributed by atoms with Crippen LogP contribution >= 0.6 is 0 Å². The molecule has 0 aliphatic rings. The van der Waals surface area contributed by atoms with Crippen LogP contribution in [0.1, 0.15) is 33.6 Å². The first kappa shape index (κ1) is 14.9. The van der Waals surface area contributed by atoms with Gasteiger partial charge in [-0.15, -0.1) is 0 Å². The molecule has 0 aliphatic carbocycles. The van der Waals surface area contributed by atoms with Gasteiger partial charge in [0, 0.05) is 20.2 Å². The van der Waals surface area contributed by atoms with Crippen molar-refractivity contribution >= 4 is 0 Å². The van der Waals surface area contributed by atoms with Crippen molar-refractivity contribution in [1.29, 1.82) is 0 Å². The van der Waals surface area contributed by atoms with E-state index in [0.29, 0.717) is 19.1 Å². The highest BCUT2D eigenvalue weighted by Crippen LogP contribution is 2.19. The van der Waals surface area contributed by atoms with Crippen molar-refractivity contribution < 1.29 is 4.74 Å². The van der Waals surface area contributed by atoms with Crippen molar-refractivity contribution in [2.24, 2.45) is 11.7 Å². The van der Waals surface area contributed by atoms with Gasteiger partial charge in [0.15, 0.2) is 0 Å². The second kappa shape index (κ2) is 7.20. The Morgan fingerprint density at radius 1 is 1.40 bits per heavy atom. The smallest absolute Gasteiger partial charge is 0.0658 e. The van der Waals surface area contributed by atoms with Gasteiger partial charge < -0.3 is 10.5 Å². The van der Waals surface area contributed by atoms with Gasteiger partial charge >= 0.3 is 0 Å². The lowest BCUT2D eigenvalue weighted by Gasteiger charge is -2.41. The Balaban J connectivity index is 4.45. The second-order valence-corrected chi connectivity index (χ2v) is 4.61. The maximum atomic E-state index is 5.90. The first-order valence-corrected chi connectivity index (χ1v) is 5.96. The summed E-state index contributed by atoms with van der Waals surface area (Å²) in [6.07, 6.45) is 2.24. The van der Waals surface area contributed by atoms with E-state index in [0.717, 1.165) is 13.0 Å². The van der Waals surface area contributed by atoms with E-state index in [1.54, 1.807) is 7.11 Å². The molecule has 0 rings (SSSR count). The number of nitrogens with zero attached hydrogens (tertiary/aromatic N) is 1. The molecule has 0 heterocycles. The first-order chi connectivity index (χ1) is 7.06. The zero-order valence-electron chi connectivity index (χ0n) is 11.0. The van der Waals surface area contributed by atoms with Crippen molar-refractivity contribution in [2.45, 2.75) is 39.2 Å². The van der Waals surface area contributed by atoms with Gasteiger partial charge in [-0.05, 0) is 19.4 Å². The summed E-state index contributed by atoms with van der Waals surface area (Å²) in [6.45, 7) is 9.15. The molecule has 2 atom stereocenters. The minimum absolute atomic E-state index is 0.0121. The van der Waals surface area contributed by atoms with Crippen LogP contribution in [0.3, 0.4) is 0 Å². The molecule has 3 nitrogen and oxygen atoms in total. The molecule has 2 N–H and O–H groups in total. The third-order valence-electron chi connectivity index (χ3n) is 3.54. The standard InChI is InChI=1S/C12H28N2O/c1-6-11(3)8-14(4)12(7-2,9-13)10-15-5/h11H,6-10,13H2,1-5H3. The fraction of sp³-hybridized carbons (Fsp3) is 1.00. The van der Waals surface area contributed by atoms with E-state index >= 15 is 0 Å². The number of rotatable bonds is 8. The van der Waals surface area contributed by atoms with E-state index in [1.165, 1.54) is 6.42 Å². The van der Waals surface area contributed by atoms with Crippen LogP contribution in [0.4, 0.5) is 0 Å². The Kier molecular flexibility index (Phi) is 7.14. The summed E-state index contributed by atoms with van der Waals surface area (Å²) in [4.78, 5) is 2.37.